The molecule has 152 valence electrons. The lowest BCUT2D eigenvalue weighted by atomic mass is 9.95. The van der Waals surface area contributed by atoms with Gasteiger partial charge in [0, 0.05) is 43.0 Å². The molecule has 7 nitrogen and oxygen atoms in total. The van der Waals surface area contributed by atoms with E-state index in [4.69, 9.17) is 11.6 Å². The molecular weight excluding hydrogens is 390 g/mol. The molecule has 29 heavy (non-hydrogen) atoms. The number of amides is 1. The van der Waals surface area contributed by atoms with Crippen molar-refractivity contribution in [3.63, 3.8) is 0 Å². The third-order valence-corrected chi connectivity index (χ3v) is 5.84. The lowest BCUT2D eigenvalue weighted by Crippen LogP contribution is -2.38. The monoisotopic (exact) mass is 413 g/mol. The molecule has 0 atom stereocenters. The highest BCUT2D eigenvalue weighted by Gasteiger charge is 2.28. The van der Waals surface area contributed by atoms with Gasteiger partial charge < -0.3 is 14.6 Å². The maximum Gasteiger partial charge on any atom is 0.271 e. The summed E-state index contributed by atoms with van der Waals surface area (Å²) in [6, 6.07) is 9.20. The van der Waals surface area contributed by atoms with Gasteiger partial charge in [-0.2, -0.15) is 5.10 Å². The van der Waals surface area contributed by atoms with Crippen LogP contribution in [0.1, 0.15) is 40.8 Å². The van der Waals surface area contributed by atoms with Gasteiger partial charge in [-0.05, 0) is 31.9 Å². The quantitative estimate of drug-likeness (QED) is 0.672. The van der Waals surface area contributed by atoms with Crippen LogP contribution in [-0.2, 0) is 6.54 Å². The molecule has 1 aliphatic heterocycles. The zero-order valence-electron chi connectivity index (χ0n) is 16.3. The molecule has 3 aromatic rings. The van der Waals surface area contributed by atoms with Crippen LogP contribution in [0, 0.1) is 6.92 Å². The summed E-state index contributed by atoms with van der Waals surface area (Å²) in [5, 5.41) is 17.0. The van der Waals surface area contributed by atoms with Crippen molar-refractivity contribution in [1.29, 1.82) is 0 Å². The molecule has 0 unspecified atom stereocenters. The number of hydrogen-bond acceptors (Lipinski definition) is 4. The number of aliphatic hydroxyl groups excluding tert-OH is 1. The van der Waals surface area contributed by atoms with Crippen LogP contribution in [-0.4, -0.2) is 55.4 Å². The first-order valence-electron chi connectivity index (χ1n) is 9.81. The van der Waals surface area contributed by atoms with Crippen molar-refractivity contribution in [1.82, 2.24) is 24.6 Å². The first-order valence-corrected chi connectivity index (χ1v) is 10.2. The number of aromatic amines is 1. The minimum atomic E-state index is -0.0517. The van der Waals surface area contributed by atoms with E-state index in [-0.39, 0.29) is 12.5 Å². The van der Waals surface area contributed by atoms with Gasteiger partial charge in [0.1, 0.15) is 11.5 Å². The zero-order chi connectivity index (χ0) is 20.4. The van der Waals surface area contributed by atoms with Crippen LogP contribution in [0.3, 0.4) is 0 Å². The van der Waals surface area contributed by atoms with Crippen LogP contribution in [0.5, 0.6) is 0 Å². The maximum atomic E-state index is 12.9. The molecule has 0 saturated carbocycles. The number of likely N-dealkylation sites (tertiary alicyclic amines) is 1. The van der Waals surface area contributed by atoms with Crippen LogP contribution in [0.25, 0.3) is 11.3 Å². The van der Waals surface area contributed by atoms with Gasteiger partial charge in [0.2, 0.25) is 0 Å². The van der Waals surface area contributed by atoms with Gasteiger partial charge in [-0.25, -0.2) is 4.98 Å². The molecule has 1 amide bonds. The molecule has 1 aliphatic rings. The second-order valence-corrected chi connectivity index (χ2v) is 7.75. The average Bonchev–Trinajstić information content (AvgIpc) is 3.36. The van der Waals surface area contributed by atoms with Crippen molar-refractivity contribution in [2.75, 3.05) is 19.7 Å². The first-order chi connectivity index (χ1) is 14.1. The van der Waals surface area contributed by atoms with Crippen molar-refractivity contribution >= 4 is 17.5 Å². The number of carbonyl (C=O) groups is 1. The number of aromatic nitrogens is 4. The summed E-state index contributed by atoms with van der Waals surface area (Å²) in [5.74, 6) is 1.25. The minimum Gasteiger partial charge on any atom is -0.395 e. The summed E-state index contributed by atoms with van der Waals surface area (Å²) in [6.45, 7) is 3.97. The average molecular weight is 414 g/mol. The number of hydrogen-bond donors (Lipinski definition) is 2. The Morgan fingerprint density at radius 1 is 1.31 bits per heavy atom. The normalized spacial score (nSPS) is 15.1. The summed E-state index contributed by atoms with van der Waals surface area (Å²) in [7, 11) is 0. The smallest absolute Gasteiger partial charge is 0.271 e. The molecule has 1 fully saturated rings. The van der Waals surface area contributed by atoms with E-state index in [2.05, 4.69) is 19.7 Å². The topological polar surface area (TPSA) is 87.0 Å². The zero-order valence-corrected chi connectivity index (χ0v) is 17.1. The molecule has 1 saturated heterocycles. The largest absolute Gasteiger partial charge is 0.395 e. The van der Waals surface area contributed by atoms with E-state index in [1.54, 1.807) is 12.1 Å². The predicted octanol–water partition coefficient (Wildman–Crippen LogP) is 3.25. The van der Waals surface area contributed by atoms with Crippen molar-refractivity contribution in [3.05, 3.63) is 58.8 Å². The summed E-state index contributed by atoms with van der Waals surface area (Å²) in [4.78, 5) is 19.3. The van der Waals surface area contributed by atoms with E-state index >= 15 is 0 Å². The van der Waals surface area contributed by atoms with Gasteiger partial charge in [-0.1, -0.05) is 29.8 Å². The molecule has 0 bridgehead atoms. The summed E-state index contributed by atoms with van der Waals surface area (Å²) in [5.41, 5.74) is 2.98. The second kappa shape index (κ2) is 8.39. The van der Waals surface area contributed by atoms with E-state index in [0.29, 0.717) is 42.0 Å². The van der Waals surface area contributed by atoms with Crippen LogP contribution >= 0.6 is 11.6 Å². The van der Waals surface area contributed by atoms with Gasteiger partial charge in [0.05, 0.1) is 17.3 Å². The standard InChI is InChI=1S/C21H24ClN5O2/c1-14-13-23-20(27(14)10-11-28)15-6-8-26(9-7-15)21(29)19-12-18(24-25-19)16-4-2-3-5-17(16)22/h2-5,12-13,15,28H,6-11H2,1H3,(H,24,25). The highest BCUT2D eigenvalue weighted by Crippen LogP contribution is 2.30. The molecule has 0 spiro atoms. The molecule has 0 radical (unpaired) electrons. The number of piperidine rings is 1. The number of rotatable bonds is 5. The molecular formula is C21H24ClN5O2. The number of aliphatic hydroxyl groups is 1. The Morgan fingerprint density at radius 2 is 2.07 bits per heavy atom. The number of halogens is 1. The van der Waals surface area contributed by atoms with Crippen molar-refractivity contribution < 1.29 is 9.90 Å². The van der Waals surface area contributed by atoms with Gasteiger partial charge in [-0.15, -0.1) is 0 Å². The second-order valence-electron chi connectivity index (χ2n) is 7.35. The number of aryl methyl sites for hydroxylation is 1. The van der Waals surface area contributed by atoms with E-state index in [0.717, 1.165) is 29.9 Å². The van der Waals surface area contributed by atoms with Gasteiger partial charge in [0.15, 0.2) is 0 Å². The Hall–Kier alpha value is -2.64. The Labute approximate surface area is 174 Å². The van der Waals surface area contributed by atoms with Gasteiger partial charge in [0.25, 0.3) is 5.91 Å². The van der Waals surface area contributed by atoms with E-state index < -0.39 is 0 Å². The van der Waals surface area contributed by atoms with Gasteiger partial charge >= 0.3 is 0 Å². The van der Waals surface area contributed by atoms with Crippen LogP contribution < -0.4 is 0 Å². The highest BCUT2D eigenvalue weighted by molar-refractivity contribution is 6.33. The van der Waals surface area contributed by atoms with E-state index in [9.17, 15) is 9.90 Å². The summed E-state index contributed by atoms with van der Waals surface area (Å²) < 4.78 is 2.08. The molecule has 2 aromatic heterocycles. The van der Waals surface area contributed by atoms with Crippen LogP contribution in [0.2, 0.25) is 5.02 Å². The number of H-pyrrole nitrogens is 1. The predicted molar refractivity (Wildman–Crippen MR) is 111 cm³/mol. The fraction of sp³-hybridized carbons (Fsp3) is 0.381. The minimum absolute atomic E-state index is 0.0517. The number of benzene rings is 1. The van der Waals surface area contributed by atoms with Crippen molar-refractivity contribution in [2.45, 2.75) is 32.2 Å². The number of nitrogens with one attached hydrogen (secondary N) is 1. The third kappa shape index (κ3) is 3.93. The van der Waals surface area contributed by atoms with E-state index in [1.807, 2.05) is 36.2 Å². The van der Waals surface area contributed by atoms with Gasteiger partial charge in [-0.3, -0.25) is 9.89 Å². The van der Waals surface area contributed by atoms with Crippen molar-refractivity contribution in [3.8, 4) is 11.3 Å². The maximum absolute atomic E-state index is 12.9. The molecule has 4 rings (SSSR count). The fourth-order valence-corrected chi connectivity index (χ4v) is 4.18. The Kier molecular flexibility index (Phi) is 5.69. The van der Waals surface area contributed by atoms with Crippen LogP contribution in [0.4, 0.5) is 0 Å². The Balaban J connectivity index is 1.43. The number of nitrogens with zero attached hydrogens (tertiary/aromatic N) is 4. The summed E-state index contributed by atoms with van der Waals surface area (Å²) in [6.07, 6.45) is 3.54. The summed E-state index contributed by atoms with van der Waals surface area (Å²) >= 11 is 6.23. The lowest BCUT2D eigenvalue weighted by molar-refractivity contribution is 0.0704. The Morgan fingerprint density at radius 3 is 2.79 bits per heavy atom. The molecule has 1 aromatic carbocycles. The van der Waals surface area contributed by atoms with Crippen LogP contribution in [0.15, 0.2) is 36.5 Å². The Bertz CT molecular complexity index is 1000. The third-order valence-electron chi connectivity index (χ3n) is 5.51. The number of carbonyl (C=O) groups excluding carboxylic acids is 1. The fourth-order valence-electron chi connectivity index (χ4n) is 3.95. The molecule has 3 heterocycles. The first kappa shape index (κ1) is 19.7. The molecule has 8 heteroatoms. The SMILES string of the molecule is Cc1cnc(C2CCN(C(=O)c3cc(-c4ccccc4Cl)n[nH]3)CC2)n1CCO. The lowest BCUT2D eigenvalue weighted by Gasteiger charge is -2.31. The van der Waals surface area contributed by atoms with E-state index in [1.165, 1.54) is 0 Å². The van der Waals surface area contributed by atoms with Crippen molar-refractivity contribution in [2.24, 2.45) is 0 Å². The highest BCUT2D eigenvalue weighted by atomic mass is 35.5. The number of imidazole rings is 1. The molecule has 2 N–H and O–H groups in total. The molecule has 0 aliphatic carbocycles.